The molecule has 6 nitrogen and oxygen atoms in total. The van der Waals surface area contributed by atoms with E-state index in [1.54, 1.807) is 6.07 Å². The number of benzene rings is 2. The standard InChI is InChI=1S/C21H27ClN2O4S/c1-13-9-15(3)18(10-14(13)2)16(4)23-21(25)12-24(5)29(26,27)20-11-17(22)7-8-19(20)28-6/h7-11,16H,12H2,1-6H3,(H,23,25). The van der Waals surface area contributed by atoms with Crippen molar-refractivity contribution in [2.75, 3.05) is 20.7 Å². The number of methoxy groups -OCH3 is 1. The largest absolute Gasteiger partial charge is 0.495 e. The van der Waals surface area contributed by atoms with Crippen LogP contribution in [-0.2, 0) is 14.8 Å². The molecule has 0 fully saturated rings. The van der Waals surface area contributed by atoms with Gasteiger partial charge in [-0.3, -0.25) is 4.79 Å². The number of halogens is 1. The van der Waals surface area contributed by atoms with E-state index >= 15 is 0 Å². The van der Waals surface area contributed by atoms with Crippen molar-refractivity contribution in [2.24, 2.45) is 0 Å². The predicted octanol–water partition coefficient (Wildman–Crippen LogP) is 3.77. The molecule has 2 aromatic carbocycles. The molecule has 0 saturated heterocycles. The van der Waals surface area contributed by atoms with E-state index in [1.165, 1.54) is 31.9 Å². The van der Waals surface area contributed by atoms with Gasteiger partial charge in [0.05, 0.1) is 19.7 Å². The van der Waals surface area contributed by atoms with Gasteiger partial charge in [0.15, 0.2) is 0 Å². The summed E-state index contributed by atoms with van der Waals surface area (Å²) in [5.41, 5.74) is 4.40. The number of amides is 1. The Morgan fingerprint density at radius 1 is 1.14 bits per heavy atom. The number of hydrogen-bond acceptors (Lipinski definition) is 4. The number of nitrogens with one attached hydrogen (secondary N) is 1. The van der Waals surface area contributed by atoms with Gasteiger partial charge in [-0.15, -0.1) is 0 Å². The summed E-state index contributed by atoms with van der Waals surface area (Å²) in [6.45, 7) is 7.60. The van der Waals surface area contributed by atoms with Crippen LogP contribution in [0.3, 0.4) is 0 Å². The highest BCUT2D eigenvalue weighted by Gasteiger charge is 2.27. The lowest BCUT2D eigenvalue weighted by molar-refractivity contribution is -0.121. The lowest BCUT2D eigenvalue weighted by atomic mass is 9.96. The van der Waals surface area contributed by atoms with Crippen molar-refractivity contribution in [1.29, 1.82) is 0 Å². The second-order valence-corrected chi connectivity index (χ2v) is 9.59. The van der Waals surface area contributed by atoms with Gasteiger partial charge in [0, 0.05) is 12.1 Å². The smallest absolute Gasteiger partial charge is 0.247 e. The van der Waals surface area contributed by atoms with Crippen molar-refractivity contribution >= 4 is 27.5 Å². The lowest BCUT2D eigenvalue weighted by Gasteiger charge is -2.22. The Balaban J connectivity index is 2.16. The van der Waals surface area contributed by atoms with Gasteiger partial charge in [0.25, 0.3) is 0 Å². The first kappa shape index (κ1) is 23.2. The minimum atomic E-state index is -3.96. The minimum Gasteiger partial charge on any atom is -0.495 e. The molecular formula is C21H27ClN2O4S. The maximum atomic E-state index is 12.9. The van der Waals surface area contributed by atoms with Crippen LogP contribution >= 0.6 is 11.6 Å². The Labute approximate surface area is 177 Å². The number of sulfonamides is 1. The number of rotatable bonds is 7. The van der Waals surface area contributed by atoms with Crippen molar-refractivity contribution in [3.05, 3.63) is 57.6 Å². The summed E-state index contributed by atoms with van der Waals surface area (Å²) in [6.07, 6.45) is 0. The molecule has 1 amide bonds. The highest BCUT2D eigenvalue weighted by molar-refractivity contribution is 7.89. The Hall–Kier alpha value is -2.09. The lowest BCUT2D eigenvalue weighted by Crippen LogP contribution is -2.39. The first-order chi connectivity index (χ1) is 13.5. The van der Waals surface area contributed by atoms with Crippen LogP contribution in [-0.4, -0.2) is 39.3 Å². The van der Waals surface area contributed by atoms with E-state index in [-0.39, 0.29) is 28.3 Å². The van der Waals surface area contributed by atoms with Crippen molar-refractivity contribution < 1.29 is 17.9 Å². The van der Waals surface area contributed by atoms with Crippen molar-refractivity contribution in [2.45, 2.75) is 38.6 Å². The van der Waals surface area contributed by atoms with Crippen LogP contribution in [0.4, 0.5) is 0 Å². The maximum absolute atomic E-state index is 12.9. The molecule has 0 aliphatic rings. The summed E-state index contributed by atoms with van der Waals surface area (Å²) in [4.78, 5) is 12.4. The molecule has 0 bridgehead atoms. The van der Waals surface area contributed by atoms with Crippen LogP contribution in [0.1, 0.15) is 35.2 Å². The van der Waals surface area contributed by atoms with Gasteiger partial charge in [-0.25, -0.2) is 8.42 Å². The SMILES string of the molecule is COc1ccc(Cl)cc1S(=O)(=O)N(C)CC(=O)NC(C)c1cc(C)c(C)cc1C. The number of aryl methyl sites for hydroxylation is 3. The summed E-state index contributed by atoms with van der Waals surface area (Å²) in [5.74, 6) is -0.233. The maximum Gasteiger partial charge on any atom is 0.247 e. The number of likely N-dealkylation sites (N-methyl/N-ethyl adjacent to an activating group) is 1. The Morgan fingerprint density at radius 3 is 2.38 bits per heavy atom. The molecule has 8 heteroatoms. The highest BCUT2D eigenvalue weighted by Crippen LogP contribution is 2.29. The topological polar surface area (TPSA) is 75.7 Å². The zero-order chi connectivity index (χ0) is 21.9. The number of hydrogen-bond donors (Lipinski definition) is 1. The van der Waals surface area contributed by atoms with E-state index in [0.717, 1.165) is 21.0 Å². The van der Waals surface area contributed by atoms with Crippen LogP contribution in [0.15, 0.2) is 35.2 Å². The number of nitrogens with zero attached hydrogens (tertiary/aromatic N) is 1. The van der Waals surface area contributed by atoms with Crippen LogP contribution in [0.25, 0.3) is 0 Å². The fourth-order valence-electron chi connectivity index (χ4n) is 3.12. The molecule has 0 aliphatic heterocycles. The first-order valence-corrected chi connectivity index (χ1v) is 11.0. The zero-order valence-corrected chi connectivity index (χ0v) is 19.1. The highest BCUT2D eigenvalue weighted by atomic mass is 35.5. The molecule has 0 heterocycles. The van der Waals surface area contributed by atoms with E-state index in [1.807, 2.05) is 33.8 Å². The predicted molar refractivity (Wildman–Crippen MR) is 115 cm³/mol. The van der Waals surface area contributed by atoms with Gasteiger partial charge in [0.2, 0.25) is 15.9 Å². The fourth-order valence-corrected chi connectivity index (χ4v) is 4.66. The molecule has 0 radical (unpaired) electrons. The van der Waals surface area contributed by atoms with Crippen LogP contribution in [0, 0.1) is 20.8 Å². The molecule has 0 saturated carbocycles. The summed E-state index contributed by atoms with van der Waals surface area (Å²) < 4.78 is 31.9. The summed E-state index contributed by atoms with van der Waals surface area (Å²) in [7, 11) is -1.23. The average molecular weight is 439 g/mol. The van der Waals surface area contributed by atoms with Gasteiger partial charge >= 0.3 is 0 Å². The van der Waals surface area contributed by atoms with Gasteiger partial charge in [-0.05, 0) is 68.1 Å². The van der Waals surface area contributed by atoms with Crippen molar-refractivity contribution in [1.82, 2.24) is 9.62 Å². The van der Waals surface area contributed by atoms with Gasteiger partial charge in [-0.1, -0.05) is 23.7 Å². The van der Waals surface area contributed by atoms with Gasteiger partial charge in [-0.2, -0.15) is 4.31 Å². The Kier molecular flexibility index (Phi) is 7.32. The molecule has 0 spiro atoms. The van der Waals surface area contributed by atoms with Crippen LogP contribution in [0.2, 0.25) is 5.02 Å². The summed E-state index contributed by atoms with van der Waals surface area (Å²) in [5, 5.41) is 3.14. The molecule has 1 atom stereocenters. The third-order valence-corrected chi connectivity index (χ3v) is 6.97. The molecule has 2 rings (SSSR count). The molecule has 2 aromatic rings. The number of ether oxygens (including phenoxy) is 1. The normalized spacial score (nSPS) is 12.7. The molecule has 1 unspecified atom stereocenters. The quantitative estimate of drug-likeness (QED) is 0.713. The molecule has 1 N–H and O–H groups in total. The van der Waals surface area contributed by atoms with Crippen LogP contribution in [0.5, 0.6) is 5.75 Å². The third-order valence-electron chi connectivity index (χ3n) is 4.91. The van der Waals surface area contributed by atoms with E-state index in [9.17, 15) is 13.2 Å². The van der Waals surface area contributed by atoms with E-state index in [4.69, 9.17) is 16.3 Å². The summed E-state index contributed by atoms with van der Waals surface area (Å²) in [6, 6.07) is 8.21. The molecule has 29 heavy (non-hydrogen) atoms. The number of carbonyl (C=O) groups excluding carboxylic acids is 1. The van der Waals surface area contributed by atoms with Gasteiger partial charge < -0.3 is 10.1 Å². The molecule has 0 aliphatic carbocycles. The monoisotopic (exact) mass is 438 g/mol. The minimum absolute atomic E-state index is 0.0825. The van der Waals surface area contributed by atoms with E-state index in [2.05, 4.69) is 11.4 Å². The van der Waals surface area contributed by atoms with E-state index < -0.39 is 15.9 Å². The van der Waals surface area contributed by atoms with Crippen molar-refractivity contribution in [3.8, 4) is 5.75 Å². The van der Waals surface area contributed by atoms with Crippen LogP contribution < -0.4 is 10.1 Å². The Bertz CT molecular complexity index is 1020. The molecule has 158 valence electrons. The van der Waals surface area contributed by atoms with Crippen molar-refractivity contribution in [3.63, 3.8) is 0 Å². The fraction of sp³-hybridized carbons (Fsp3) is 0.381. The molecular weight excluding hydrogens is 412 g/mol. The van der Waals surface area contributed by atoms with Gasteiger partial charge in [0.1, 0.15) is 10.6 Å². The average Bonchev–Trinajstić information content (AvgIpc) is 2.64. The third kappa shape index (κ3) is 5.29. The molecule has 0 aromatic heterocycles. The van der Waals surface area contributed by atoms with E-state index in [0.29, 0.717) is 0 Å². The zero-order valence-electron chi connectivity index (χ0n) is 17.5. The summed E-state index contributed by atoms with van der Waals surface area (Å²) >= 11 is 5.95. The Morgan fingerprint density at radius 2 is 1.76 bits per heavy atom. The first-order valence-electron chi connectivity index (χ1n) is 9.14. The second kappa shape index (κ2) is 9.15. The number of carbonyl (C=O) groups is 1. The second-order valence-electron chi connectivity index (χ2n) is 7.14.